The van der Waals surface area contributed by atoms with Gasteiger partial charge in [-0.2, -0.15) is 0 Å². The van der Waals surface area contributed by atoms with E-state index in [1.165, 1.54) is 0 Å². The number of fused-ring (bicyclic) bond motifs is 1. The second kappa shape index (κ2) is 3.19. The predicted octanol–water partition coefficient (Wildman–Crippen LogP) is -0.684. The number of nitrogens with zero attached hydrogens (tertiary/aromatic N) is 2. The Morgan fingerprint density at radius 2 is 2.31 bits per heavy atom. The van der Waals surface area contributed by atoms with Crippen LogP contribution in [-0.2, 0) is 4.79 Å². The zero-order chi connectivity index (χ0) is 9.42. The third-order valence-electron chi connectivity index (χ3n) is 2.23. The molecule has 2 aliphatic heterocycles. The summed E-state index contributed by atoms with van der Waals surface area (Å²) in [5.41, 5.74) is 0. The maximum absolute atomic E-state index is 11.5. The molecule has 0 bridgehead atoms. The zero-order valence-electron chi connectivity index (χ0n) is 6.97. The van der Waals surface area contributed by atoms with Crippen LogP contribution in [0.2, 0.25) is 0 Å². The molecule has 0 aliphatic carbocycles. The van der Waals surface area contributed by atoms with E-state index in [0.29, 0.717) is 11.6 Å². The van der Waals surface area contributed by atoms with E-state index in [1.807, 2.05) is 0 Å². The molecule has 5 nitrogen and oxygen atoms in total. The molecule has 72 valence electrons. The molecule has 0 spiro atoms. The molecule has 2 saturated heterocycles. The molecular formula is C7H10N2O3S. The van der Waals surface area contributed by atoms with Gasteiger partial charge in [0.15, 0.2) is 0 Å². The lowest BCUT2D eigenvalue weighted by molar-refractivity contribution is -0.127. The number of imide groups is 1. The average Bonchev–Trinajstić information content (AvgIpc) is 2.66. The predicted molar refractivity (Wildman–Crippen MR) is 47.1 cm³/mol. The van der Waals surface area contributed by atoms with Crippen LogP contribution >= 0.6 is 11.8 Å². The lowest BCUT2D eigenvalue weighted by Gasteiger charge is -2.13. The quantitative estimate of drug-likeness (QED) is 0.602. The highest BCUT2D eigenvalue weighted by molar-refractivity contribution is 7.99. The number of urea groups is 1. The molecule has 1 unspecified atom stereocenters. The number of rotatable bonds is 2. The first kappa shape index (κ1) is 8.83. The first-order valence-electron chi connectivity index (χ1n) is 4.06. The number of aliphatic hydroxyl groups excluding tert-OH is 1. The van der Waals surface area contributed by atoms with Crippen molar-refractivity contribution in [3.05, 3.63) is 0 Å². The van der Waals surface area contributed by atoms with Gasteiger partial charge in [0, 0.05) is 5.75 Å². The number of thioether (sulfide) groups is 1. The summed E-state index contributed by atoms with van der Waals surface area (Å²) in [7, 11) is 0. The standard InChI is InChI=1S/C7H10N2O3S/c10-2-1-8-6(11)5-3-13-4-9(5)7(8)12/h5,10H,1-4H2. The maximum atomic E-state index is 11.5. The third-order valence-corrected chi connectivity index (χ3v) is 3.25. The number of amides is 3. The van der Waals surface area contributed by atoms with Gasteiger partial charge in [0.25, 0.3) is 5.91 Å². The van der Waals surface area contributed by atoms with Crippen LogP contribution < -0.4 is 0 Å². The van der Waals surface area contributed by atoms with Crippen molar-refractivity contribution in [1.29, 1.82) is 0 Å². The van der Waals surface area contributed by atoms with Crippen LogP contribution in [0.25, 0.3) is 0 Å². The van der Waals surface area contributed by atoms with Crippen molar-refractivity contribution in [3.8, 4) is 0 Å². The molecule has 0 aromatic heterocycles. The van der Waals surface area contributed by atoms with Crippen molar-refractivity contribution in [3.63, 3.8) is 0 Å². The first-order valence-corrected chi connectivity index (χ1v) is 5.21. The summed E-state index contributed by atoms with van der Waals surface area (Å²) >= 11 is 1.59. The molecule has 0 aromatic rings. The molecule has 0 aromatic carbocycles. The van der Waals surface area contributed by atoms with Crippen molar-refractivity contribution in [1.82, 2.24) is 9.80 Å². The van der Waals surface area contributed by atoms with Gasteiger partial charge >= 0.3 is 6.03 Å². The van der Waals surface area contributed by atoms with Gasteiger partial charge in [-0.3, -0.25) is 9.69 Å². The maximum Gasteiger partial charge on any atom is 0.328 e. The van der Waals surface area contributed by atoms with Gasteiger partial charge in [-0.25, -0.2) is 4.79 Å². The van der Waals surface area contributed by atoms with Crippen LogP contribution in [0.3, 0.4) is 0 Å². The van der Waals surface area contributed by atoms with Crippen LogP contribution in [0.15, 0.2) is 0 Å². The fourth-order valence-electron chi connectivity index (χ4n) is 1.57. The molecule has 2 aliphatic rings. The second-order valence-corrected chi connectivity index (χ2v) is 3.98. The normalized spacial score (nSPS) is 27.3. The van der Waals surface area contributed by atoms with Crippen molar-refractivity contribution in [2.24, 2.45) is 0 Å². The molecule has 6 heteroatoms. The molecular weight excluding hydrogens is 192 g/mol. The Kier molecular flexibility index (Phi) is 2.17. The Morgan fingerprint density at radius 3 is 2.92 bits per heavy atom. The van der Waals surface area contributed by atoms with E-state index in [2.05, 4.69) is 0 Å². The van der Waals surface area contributed by atoms with Crippen LogP contribution in [0.1, 0.15) is 0 Å². The second-order valence-electron chi connectivity index (χ2n) is 2.98. The summed E-state index contributed by atoms with van der Waals surface area (Å²) in [4.78, 5) is 25.7. The fraction of sp³-hybridized carbons (Fsp3) is 0.714. The summed E-state index contributed by atoms with van der Waals surface area (Å²) < 4.78 is 0. The van der Waals surface area contributed by atoms with Gasteiger partial charge in [0.1, 0.15) is 6.04 Å². The summed E-state index contributed by atoms with van der Waals surface area (Å²) in [6.45, 7) is -0.0412. The lowest BCUT2D eigenvalue weighted by Crippen LogP contribution is -2.35. The summed E-state index contributed by atoms with van der Waals surface area (Å²) in [5.74, 6) is 1.12. The van der Waals surface area contributed by atoms with E-state index in [1.54, 1.807) is 16.7 Å². The van der Waals surface area contributed by atoms with Crippen LogP contribution in [-0.4, -0.2) is 57.7 Å². The lowest BCUT2D eigenvalue weighted by atomic mass is 10.3. The molecule has 0 saturated carbocycles. The summed E-state index contributed by atoms with van der Waals surface area (Å²) in [5, 5.41) is 8.66. The Hall–Kier alpha value is -0.750. The molecule has 0 radical (unpaired) electrons. The summed E-state index contributed by atoms with van der Waals surface area (Å²) in [6.07, 6.45) is 0. The largest absolute Gasteiger partial charge is 0.395 e. The van der Waals surface area contributed by atoms with E-state index < -0.39 is 0 Å². The Bertz CT molecular complexity index is 236. The van der Waals surface area contributed by atoms with Crippen molar-refractivity contribution in [2.45, 2.75) is 6.04 Å². The van der Waals surface area contributed by atoms with Gasteiger partial charge in [-0.05, 0) is 0 Å². The number of carbonyl (C=O) groups is 2. The Labute approximate surface area is 79.7 Å². The molecule has 1 atom stereocenters. The minimum Gasteiger partial charge on any atom is -0.395 e. The highest BCUT2D eigenvalue weighted by atomic mass is 32.2. The molecule has 13 heavy (non-hydrogen) atoms. The highest BCUT2D eigenvalue weighted by Gasteiger charge is 2.47. The van der Waals surface area contributed by atoms with Gasteiger partial charge in [0.05, 0.1) is 19.0 Å². The van der Waals surface area contributed by atoms with Crippen molar-refractivity contribution in [2.75, 3.05) is 24.8 Å². The van der Waals surface area contributed by atoms with Crippen LogP contribution in [0, 0.1) is 0 Å². The molecule has 1 N–H and O–H groups in total. The van der Waals surface area contributed by atoms with E-state index in [9.17, 15) is 9.59 Å². The minimum atomic E-state index is -0.274. The molecule has 2 rings (SSSR count). The van der Waals surface area contributed by atoms with Gasteiger partial charge in [-0.1, -0.05) is 0 Å². The monoisotopic (exact) mass is 202 g/mol. The first-order chi connectivity index (χ1) is 6.25. The van der Waals surface area contributed by atoms with Crippen LogP contribution in [0.4, 0.5) is 4.79 Å². The Balaban J connectivity index is 2.16. The smallest absolute Gasteiger partial charge is 0.328 e. The van der Waals surface area contributed by atoms with Gasteiger partial charge in [0.2, 0.25) is 0 Å². The topological polar surface area (TPSA) is 60.9 Å². The number of carbonyl (C=O) groups excluding carboxylic acids is 2. The Morgan fingerprint density at radius 1 is 1.54 bits per heavy atom. The molecule has 2 heterocycles. The minimum absolute atomic E-state index is 0.120. The third kappa shape index (κ3) is 1.21. The van der Waals surface area contributed by atoms with E-state index in [0.717, 1.165) is 4.90 Å². The molecule has 3 amide bonds. The van der Waals surface area contributed by atoms with Crippen LogP contribution in [0.5, 0.6) is 0 Å². The van der Waals surface area contributed by atoms with Crippen molar-refractivity contribution < 1.29 is 14.7 Å². The van der Waals surface area contributed by atoms with E-state index in [4.69, 9.17) is 5.11 Å². The fourth-order valence-corrected chi connectivity index (χ4v) is 2.71. The number of hydrogen-bond donors (Lipinski definition) is 1. The van der Waals surface area contributed by atoms with E-state index >= 15 is 0 Å². The van der Waals surface area contributed by atoms with Gasteiger partial charge < -0.3 is 10.0 Å². The van der Waals surface area contributed by atoms with E-state index in [-0.39, 0.29) is 31.1 Å². The molecule has 2 fully saturated rings. The number of aliphatic hydroxyl groups is 1. The number of hydrogen-bond acceptors (Lipinski definition) is 4. The number of β-amino-alcohol motifs (C(OH)–C–C–N with tert-alkyl or cyclic N) is 1. The average molecular weight is 202 g/mol. The SMILES string of the molecule is O=C1C2CSCN2C(=O)N1CCO. The van der Waals surface area contributed by atoms with Crippen molar-refractivity contribution >= 4 is 23.7 Å². The zero-order valence-corrected chi connectivity index (χ0v) is 7.79. The van der Waals surface area contributed by atoms with Gasteiger partial charge in [-0.15, -0.1) is 11.8 Å². The highest BCUT2D eigenvalue weighted by Crippen LogP contribution is 2.28. The summed E-state index contributed by atoms with van der Waals surface area (Å²) in [6, 6.07) is -0.530.